The Hall–Kier alpha value is -3.00. The molecule has 9 heteroatoms. The number of hydrogen-bond acceptors (Lipinski definition) is 5. The highest BCUT2D eigenvalue weighted by atomic mass is 35.5. The van der Waals surface area contributed by atoms with E-state index < -0.39 is 4.92 Å². The van der Waals surface area contributed by atoms with Crippen LogP contribution in [0, 0.1) is 10.1 Å². The van der Waals surface area contributed by atoms with E-state index in [1.54, 1.807) is 35.2 Å². The van der Waals surface area contributed by atoms with E-state index in [1.807, 2.05) is 6.92 Å². The summed E-state index contributed by atoms with van der Waals surface area (Å²) in [7, 11) is 0. The fourth-order valence-corrected chi connectivity index (χ4v) is 3.30. The van der Waals surface area contributed by atoms with E-state index in [4.69, 9.17) is 16.3 Å². The molecule has 0 spiro atoms. The lowest BCUT2D eigenvalue weighted by Crippen LogP contribution is -2.50. The minimum absolute atomic E-state index is 0.0662. The predicted molar refractivity (Wildman–Crippen MR) is 113 cm³/mol. The maximum Gasteiger partial charge on any atom is 0.321 e. The molecule has 0 saturated carbocycles. The third-order valence-corrected chi connectivity index (χ3v) is 4.93. The van der Waals surface area contributed by atoms with Gasteiger partial charge in [0.2, 0.25) is 0 Å². The maximum absolute atomic E-state index is 12.5. The number of nitrogens with one attached hydrogen (secondary N) is 1. The van der Waals surface area contributed by atoms with Gasteiger partial charge < -0.3 is 19.9 Å². The van der Waals surface area contributed by atoms with Crippen LogP contribution in [0.5, 0.6) is 5.75 Å². The van der Waals surface area contributed by atoms with Gasteiger partial charge in [-0.05, 0) is 36.8 Å². The SMILES string of the molecule is CCCOc1ccc(NC(=O)N2CCN(c3ccc([N+](=O)[O-])cc3)CC2)cc1Cl. The molecule has 8 nitrogen and oxygen atoms in total. The number of nitrogens with zero attached hydrogens (tertiary/aromatic N) is 3. The van der Waals surface area contributed by atoms with Crippen LogP contribution in [0.15, 0.2) is 42.5 Å². The van der Waals surface area contributed by atoms with Crippen LogP contribution in [0.2, 0.25) is 5.02 Å². The minimum atomic E-state index is -0.416. The summed E-state index contributed by atoms with van der Waals surface area (Å²) in [5.41, 5.74) is 1.59. The number of rotatable bonds is 6. The average molecular weight is 419 g/mol. The van der Waals surface area contributed by atoms with Crippen LogP contribution < -0.4 is 15.0 Å². The van der Waals surface area contributed by atoms with E-state index in [1.165, 1.54) is 12.1 Å². The van der Waals surface area contributed by atoms with Crippen LogP contribution in [0.4, 0.5) is 21.9 Å². The van der Waals surface area contributed by atoms with Gasteiger partial charge in [-0.15, -0.1) is 0 Å². The molecular formula is C20H23ClN4O4. The summed E-state index contributed by atoms with van der Waals surface area (Å²) in [6.45, 7) is 5.00. The van der Waals surface area contributed by atoms with Crippen molar-refractivity contribution in [1.29, 1.82) is 0 Å². The van der Waals surface area contributed by atoms with Gasteiger partial charge in [-0.2, -0.15) is 0 Å². The first-order chi connectivity index (χ1) is 14.0. The van der Waals surface area contributed by atoms with Gasteiger partial charge in [-0.3, -0.25) is 10.1 Å². The summed E-state index contributed by atoms with van der Waals surface area (Å²) < 4.78 is 5.54. The molecule has 0 radical (unpaired) electrons. The molecule has 1 saturated heterocycles. The second-order valence-electron chi connectivity index (χ2n) is 6.67. The molecule has 2 aromatic carbocycles. The largest absolute Gasteiger partial charge is 0.492 e. The van der Waals surface area contributed by atoms with Crippen molar-refractivity contribution in [3.05, 3.63) is 57.6 Å². The highest BCUT2D eigenvalue weighted by Gasteiger charge is 2.22. The van der Waals surface area contributed by atoms with Gasteiger partial charge in [0.15, 0.2) is 0 Å². The second kappa shape index (κ2) is 9.47. The Balaban J connectivity index is 1.53. The number of nitro groups is 1. The van der Waals surface area contributed by atoms with Crippen LogP contribution in [0.1, 0.15) is 13.3 Å². The Morgan fingerprint density at radius 2 is 1.86 bits per heavy atom. The molecule has 0 aromatic heterocycles. The summed E-state index contributed by atoms with van der Waals surface area (Å²) in [4.78, 5) is 26.7. The van der Waals surface area contributed by atoms with Gasteiger partial charge in [-0.25, -0.2) is 4.79 Å². The van der Waals surface area contributed by atoms with Crippen molar-refractivity contribution in [2.24, 2.45) is 0 Å². The first-order valence-corrected chi connectivity index (χ1v) is 9.83. The molecule has 0 aliphatic carbocycles. The summed E-state index contributed by atoms with van der Waals surface area (Å²) in [6, 6.07) is 11.5. The fraction of sp³-hybridized carbons (Fsp3) is 0.350. The number of hydrogen-bond donors (Lipinski definition) is 1. The molecule has 29 heavy (non-hydrogen) atoms. The first kappa shape index (κ1) is 20.7. The topological polar surface area (TPSA) is 88.0 Å². The molecule has 0 atom stereocenters. The average Bonchev–Trinajstić information content (AvgIpc) is 2.73. The van der Waals surface area contributed by atoms with E-state index >= 15 is 0 Å². The molecule has 1 fully saturated rings. The summed E-state index contributed by atoms with van der Waals surface area (Å²) >= 11 is 6.21. The Morgan fingerprint density at radius 1 is 1.17 bits per heavy atom. The molecule has 1 aliphatic heterocycles. The van der Waals surface area contributed by atoms with Gasteiger partial charge >= 0.3 is 6.03 Å². The molecule has 1 N–H and O–H groups in total. The van der Waals surface area contributed by atoms with Crippen molar-refractivity contribution in [1.82, 2.24) is 4.90 Å². The lowest BCUT2D eigenvalue weighted by atomic mass is 10.2. The van der Waals surface area contributed by atoms with E-state index in [0.717, 1.165) is 12.1 Å². The Labute approximate surface area is 174 Å². The number of nitro benzene ring substituents is 1. The van der Waals surface area contributed by atoms with E-state index in [-0.39, 0.29) is 11.7 Å². The zero-order valence-corrected chi connectivity index (χ0v) is 16.9. The quantitative estimate of drug-likeness (QED) is 0.555. The summed E-state index contributed by atoms with van der Waals surface area (Å²) in [5.74, 6) is 0.600. The van der Waals surface area contributed by atoms with E-state index in [0.29, 0.717) is 49.2 Å². The van der Waals surface area contributed by atoms with E-state index in [9.17, 15) is 14.9 Å². The zero-order valence-electron chi connectivity index (χ0n) is 16.1. The molecule has 0 unspecified atom stereocenters. The number of non-ortho nitro benzene ring substituents is 1. The highest BCUT2D eigenvalue weighted by molar-refractivity contribution is 6.32. The van der Waals surface area contributed by atoms with E-state index in [2.05, 4.69) is 10.2 Å². The van der Waals surface area contributed by atoms with Crippen LogP contribution in [0.3, 0.4) is 0 Å². The van der Waals surface area contributed by atoms with Crippen molar-refractivity contribution in [2.75, 3.05) is 43.0 Å². The number of ether oxygens (including phenoxy) is 1. The number of carbonyl (C=O) groups excluding carboxylic acids is 1. The summed E-state index contributed by atoms with van der Waals surface area (Å²) in [5, 5.41) is 14.1. The van der Waals surface area contributed by atoms with Crippen LogP contribution in [-0.2, 0) is 0 Å². The molecule has 0 bridgehead atoms. The van der Waals surface area contributed by atoms with Crippen LogP contribution >= 0.6 is 11.6 Å². The van der Waals surface area contributed by atoms with Crippen molar-refractivity contribution < 1.29 is 14.5 Å². The van der Waals surface area contributed by atoms with Crippen LogP contribution in [-0.4, -0.2) is 48.6 Å². The van der Waals surface area contributed by atoms with Crippen molar-refractivity contribution >= 4 is 34.7 Å². The number of anilines is 2. The zero-order chi connectivity index (χ0) is 20.8. The maximum atomic E-state index is 12.5. The number of amides is 2. The number of carbonyl (C=O) groups is 1. The Bertz CT molecular complexity index is 867. The fourth-order valence-electron chi connectivity index (χ4n) is 3.06. The van der Waals surface area contributed by atoms with Gasteiger partial charge in [0.25, 0.3) is 5.69 Å². The second-order valence-corrected chi connectivity index (χ2v) is 7.08. The minimum Gasteiger partial charge on any atom is -0.492 e. The molecule has 154 valence electrons. The third kappa shape index (κ3) is 5.29. The lowest BCUT2D eigenvalue weighted by molar-refractivity contribution is -0.384. The molecular weight excluding hydrogens is 396 g/mol. The van der Waals surface area contributed by atoms with Crippen molar-refractivity contribution in [2.45, 2.75) is 13.3 Å². The summed E-state index contributed by atoms with van der Waals surface area (Å²) in [6.07, 6.45) is 0.890. The van der Waals surface area contributed by atoms with Gasteiger partial charge in [0.05, 0.1) is 16.6 Å². The number of piperazine rings is 1. The standard InChI is InChI=1S/C20H23ClN4O4/c1-2-13-29-19-8-3-15(14-18(19)21)22-20(26)24-11-9-23(10-12-24)16-4-6-17(7-5-16)25(27)28/h3-8,14H,2,9-13H2,1H3,(H,22,26). The van der Waals surface area contributed by atoms with Crippen LogP contribution in [0.25, 0.3) is 0 Å². The monoisotopic (exact) mass is 418 g/mol. The number of urea groups is 1. The molecule has 1 aliphatic rings. The Kier molecular flexibility index (Phi) is 6.77. The molecule has 2 aromatic rings. The van der Waals surface area contributed by atoms with Gasteiger partial charge in [0, 0.05) is 49.7 Å². The van der Waals surface area contributed by atoms with Gasteiger partial charge in [-0.1, -0.05) is 18.5 Å². The first-order valence-electron chi connectivity index (χ1n) is 9.45. The molecule has 3 rings (SSSR count). The van der Waals surface area contributed by atoms with Crippen molar-refractivity contribution in [3.8, 4) is 5.75 Å². The van der Waals surface area contributed by atoms with Crippen molar-refractivity contribution in [3.63, 3.8) is 0 Å². The smallest absolute Gasteiger partial charge is 0.321 e. The normalized spacial score (nSPS) is 13.9. The lowest BCUT2D eigenvalue weighted by Gasteiger charge is -2.36. The van der Waals surface area contributed by atoms with Gasteiger partial charge in [0.1, 0.15) is 5.75 Å². The molecule has 2 amide bonds. The molecule has 1 heterocycles. The third-order valence-electron chi connectivity index (χ3n) is 4.64. The predicted octanol–water partition coefficient (Wildman–Crippen LogP) is 4.39. The number of halogens is 1. The number of benzene rings is 2. The Morgan fingerprint density at radius 3 is 2.45 bits per heavy atom. The highest BCUT2D eigenvalue weighted by Crippen LogP contribution is 2.28.